The van der Waals surface area contributed by atoms with Crippen molar-refractivity contribution in [2.75, 3.05) is 0 Å². The zero-order chi connectivity index (χ0) is 48.9. The summed E-state index contributed by atoms with van der Waals surface area (Å²) >= 11 is 9.31. The molecule has 344 valence electrons. The molecule has 0 unspecified atom stereocenters. The monoisotopic (exact) mass is 1140 g/mol. The summed E-state index contributed by atoms with van der Waals surface area (Å²) in [5.41, 5.74) is -13.0. The van der Waals surface area contributed by atoms with Crippen LogP contribution in [0.15, 0.2) is 48.9 Å². The molecular weight excluding hydrogens is 1130 g/mol. The number of aromatic nitrogens is 2. The SMILES string of the molecule is Fc1c(F)c(F)c([B-](c2c(F)c(F)c(F)c(F)c2F)(c2c(F)c(F)c(F)c(F)c2F)c2c(F)c(F)c(F)c(F)c2F)c(F)c1F.O=C(OC(Br)(Br)Br)c1c[n+](Cc2ccccc2)ccn1. The molecule has 1 heterocycles. The lowest BCUT2D eigenvalue weighted by Crippen LogP contribution is -2.81. The third kappa shape index (κ3) is 8.91. The van der Waals surface area contributed by atoms with E-state index in [1.807, 2.05) is 34.9 Å². The first-order chi connectivity index (χ1) is 30.1. The van der Waals surface area contributed by atoms with Gasteiger partial charge < -0.3 is 4.74 Å². The Balaban J connectivity index is 0.000000330. The van der Waals surface area contributed by atoms with Crippen molar-refractivity contribution < 1.29 is 102 Å². The largest absolute Gasteiger partial charge is 0.422 e. The van der Waals surface area contributed by atoms with Gasteiger partial charge in [0.15, 0.2) is 82.5 Å². The maximum absolute atomic E-state index is 15.4. The van der Waals surface area contributed by atoms with Crippen molar-refractivity contribution in [2.45, 2.75) is 8.87 Å². The van der Waals surface area contributed by atoms with Crippen LogP contribution in [0.1, 0.15) is 16.1 Å². The number of carbonyl (C=O) groups excluding carboxylic acids is 1. The van der Waals surface area contributed by atoms with E-state index in [1.54, 1.807) is 18.6 Å². The van der Waals surface area contributed by atoms with Crippen LogP contribution in [0, 0.1) is 116 Å². The van der Waals surface area contributed by atoms with Crippen molar-refractivity contribution >= 4 is 81.8 Å². The van der Waals surface area contributed by atoms with Gasteiger partial charge in [-0.2, -0.15) is 4.57 Å². The number of alkyl halides is 3. The molecule has 0 amide bonds. The molecule has 6 aromatic rings. The van der Waals surface area contributed by atoms with Gasteiger partial charge in [-0.3, -0.25) is 0 Å². The van der Waals surface area contributed by atoms with Crippen LogP contribution in [0.2, 0.25) is 0 Å². The Kier molecular flexibility index (Phi) is 14.8. The fourth-order valence-electron chi connectivity index (χ4n) is 6.46. The molecule has 28 heteroatoms. The molecule has 0 fully saturated rings. The van der Waals surface area contributed by atoms with E-state index in [-0.39, 0.29) is 5.69 Å². The number of esters is 1. The second-order valence-electron chi connectivity index (χ2n) is 12.7. The van der Waals surface area contributed by atoms with Crippen LogP contribution in [0.4, 0.5) is 87.8 Å². The fourth-order valence-corrected chi connectivity index (χ4v) is 6.90. The van der Waals surface area contributed by atoms with Gasteiger partial charge in [0, 0.05) is 5.56 Å². The molecule has 0 bridgehead atoms. The first kappa shape index (κ1) is 50.7. The number of hydrogen-bond donors (Lipinski definition) is 0. The van der Waals surface area contributed by atoms with Crippen molar-refractivity contribution in [1.29, 1.82) is 0 Å². The fraction of sp³-hybridized carbons (Fsp3) is 0.0541. The summed E-state index contributed by atoms with van der Waals surface area (Å²) in [6.45, 7) is 0.658. The van der Waals surface area contributed by atoms with Gasteiger partial charge >= 0.3 is 5.97 Å². The number of rotatable bonds is 7. The van der Waals surface area contributed by atoms with Crippen LogP contribution in [-0.4, -0.2) is 19.4 Å². The Morgan fingerprint density at radius 1 is 0.477 bits per heavy atom. The lowest BCUT2D eigenvalue weighted by molar-refractivity contribution is -0.689. The molecule has 65 heavy (non-hydrogen) atoms. The van der Waals surface area contributed by atoms with E-state index in [4.69, 9.17) is 4.74 Å². The van der Waals surface area contributed by atoms with E-state index in [0.717, 1.165) is 5.56 Å². The van der Waals surface area contributed by atoms with Crippen LogP contribution in [-0.2, 0) is 11.3 Å². The predicted octanol–water partition coefficient (Wildman–Crippen LogP) is 9.22. The van der Waals surface area contributed by atoms with Gasteiger partial charge in [0.2, 0.25) is 11.9 Å². The summed E-state index contributed by atoms with van der Waals surface area (Å²) in [5.74, 6) is -71.9. The van der Waals surface area contributed by atoms with Crippen LogP contribution in [0.3, 0.4) is 0 Å². The van der Waals surface area contributed by atoms with Crippen LogP contribution in [0.25, 0.3) is 0 Å². The Hall–Kier alpha value is -5.25. The van der Waals surface area contributed by atoms with Crippen molar-refractivity contribution in [1.82, 2.24) is 4.98 Å². The molecular formula is C37H10BBr3F20N2O2. The van der Waals surface area contributed by atoms with Crippen LogP contribution < -0.4 is 26.4 Å². The molecule has 6 rings (SSSR count). The highest BCUT2D eigenvalue weighted by atomic mass is 80.0. The van der Waals surface area contributed by atoms with Crippen molar-refractivity contribution in [3.8, 4) is 0 Å². The lowest BCUT2D eigenvalue weighted by atomic mass is 9.12. The van der Waals surface area contributed by atoms with E-state index < -0.39 is 153 Å². The molecule has 0 radical (unpaired) electrons. The third-order valence-electron chi connectivity index (χ3n) is 9.09. The highest BCUT2D eigenvalue weighted by molar-refractivity contribution is 9.39. The number of halogens is 23. The summed E-state index contributed by atoms with van der Waals surface area (Å²) in [4.78, 5) is 15.9. The topological polar surface area (TPSA) is 43.1 Å². The van der Waals surface area contributed by atoms with Gasteiger partial charge in [-0.1, -0.05) is 30.3 Å². The number of hydrogen-bond acceptors (Lipinski definition) is 3. The normalized spacial score (nSPS) is 11.7. The quantitative estimate of drug-likeness (QED) is 0.0305. The molecule has 0 aliphatic rings. The molecule has 0 saturated carbocycles. The highest BCUT2D eigenvalue weighted by Crippen LogP contribution is 2.35. The molecule has 0 atom stereocenters. The summed E-state index contributed by atoms with van der Waals surface area (Å²) in [6.07, 6.45) is -2.20. The summed E-state index contributed by atoms with van der Waals surface area (Å²) in [6, 6.07) is 9.95. The van der Waals surface area contributed by atoms with E-state index >= 15 is 35.1 Å². The van der Waals surface area contributed by atoms with E-state index in [1.165, 1.54) is 0 Å². The van der Waals surface area contributed by atoms with Gasteiger partial charge in [0.05, 0.1) is 6.20 Å². The van der Waals surface area contributed by atoms with E-state index in [2.05, 4.69) is 52.8 Å². The van der Waals surface area contributed by atoms with Crippen molar-refractivity contribution in [3.63, 3.8) is 0 Å². The van der Waals surface area contributed by atoms with Crippen molar-refractivity contribution in [2.24, 2.45) is 0 Å². The van der Waals surface area contributed by atoms with Gasteiger partial charge in [0.25, 0.3) is 2.33 Å². The molecule has 0 spiro atoms. The Morgan fingerprint density at radius 2 is 0.754 bits per heavy atom. The zero-order valence-corrected chi connectivity index (χ0v) is 35.1. The predicted molar refractivity (Wildman–Crippen MR) is 194 cm³/mol. The molecule has 0 aliphatic carbocycles. The summed E-state index contributed by atoms with van der Waals surface area (Å²) in [5, 5.41) is 0. The first-order valence-corrected chi connectivity index (χ1v) is 18.9. The lowest BCUT2D eigenvalue weighted by Gasteiger charge is -2.44. The molecule has 0 saturated heterocycles. The average Bonchev–Trinajstić information content (AvgIpc) is 3.26. The molecule has 1 aromatic heterocycles. The maximum Gasteiger partial charge on any atom is 0.365 e. The van der Waals surface area contributed by atoms with Crippen LogP contribution in [0.5, 0.6) is 0 Å². The Labute approximate surface area is 372 Å². The summed E-state index contributed by atoms with van der Waals surface area (Å²) in [7, 11) is 0. The minimum Gasteiger partial charge on any atom is -0.422 e. The Bertz CT molecular complexity index is 2530. The molecule has 4 nitrogen and oxygen atoms in total. The highest BCUT2D eigenvalue weighted by Gasteiger charge is 2.52. The van der Waals surface area contributed by atoms with Crippen molar-refractivity contribution in [3.05, 3.63) is 177 Å². The van der Waals surface area contributed by atoms with E-state index in [0.29, 0.717) is 6.54 Å². The second kappa shape index (κ2) is 18.9. The minimum atomic E-state index is -7.22. The van der Waals surface area contributed by atoms with Gasteiger partial charge in [-0.25, -0.2) is 97.6 Å². The number of ether oxygens (including phenoxy) is 1. The minimum absolute atomic E-state index is 0.228. The first-order valence-electron chi connectivity index (χ1n) is 16.6. The average molecular weight is 1140 g/mol. The van der Waals surface area contributed by atoms with Gasteiger partial charge in [-0.05, 0) is 47.8 Å². The number of nitrogens with zero attached hydrogens (tertiary/aromatic N) is 2. The number of carbonyl (C=O) groups is 1. The number of benzene rings is 5. The second-order valence-corrected chi connectivity index (χ2v) is 19.3. The third-order valence-corrected chi connectivity index (χ3v) is 9.58. The summed E-state index contributed by atoms with van der Waals surface area (Å²) < 4.78 is 300. The van der Waals surface area contributed by atoms with Gasteiger partial charge in [0.1, 0.15) is 52.7 Å². The van der Waals surface area contributed by atoms with Crippen LogP contribution >= 0.6 is 47.8 Å². The Morgan fingerprint density at radius 3 is 1.03 bits per heavy atom. The zero-order valence-electron chi connectivity index (χ0n) is 30.3. The molecule has 0 aliphatic heterocycles. The van der Waals surface area contributed by atoms with E-state index in [9.17, 15) is 57.5 Å². The molecule has 0 N–H and O–H groups in total. The molecule has 5 aromatic carbocycles. The maximum atomic E-state index is 15.4. The smallest absolute Gasteiger partial charge is 0.365 e. The van der Waals surface area contributed by atoms with Gasteiger partial charge in [-0.15, -0.1) is 21.9 Å². The standard InChI is InChI=1S/C24BF20.C13H10Br3N2O2/c26-5-1(6(27)14(35)21(42)13(5)34)25(2-7(28)15(36)22(43)16(37)8(2)29,3-9(30)17(38)23(44)18(39)10(3)31)4-11(32)19(40)24(45)20(41)12(4)33;14-13(15,16)20-12(19)11-9-18(7-6-17-11)8-10-4-2-1-3-5-10/h;1-7,9H,8H2/q-1;+1.